The van der Waals surface area contributed by atoms with Crippen LogP contribution in [0, 0.1) is 6.92 Å². The molecule has 2 aromatic carbocycles. The number of amides is 2. The highest BCUT2D eigenvalue weighted by atomic mass is 35.5. The van der Waals surface area contributed by atoms with Crippen molar-refractivity contribution in [3.05, 3.63) is 70.4 Å². The Hall–Kier alpha value is -3.32. The first-order chi connectivity index (χ1) is 13.0. The third-order valence-corrected chi connectivity index (χ3v) is 4.04. The molecular weight excluding hydrogens is 372 g/mol. The van der Waals surface area contributed by atoms with Gasteiger partial charge in [0.05, 0.1) is 0 Å². The number of hydrazine groups is 1. The van der Waals surface area contributed by atoms with E-state index in [-0.39, 0.29) is 5.76 Å². The van der Waals surface area contributed by atoms with Gasteiger partial charge in [0, 0.05) is 21.5 Å². The second-order valence-electron chi connectivity index (χ2n) is 5.64. The van der Waals surface area contributed by atoms with E-state index in [0.717, 1.165) is 5.39 Å². The number of hydrogen-bond donors (Lipinski definition) is 2. The number of hydrogen-bond acceptors (Lipinski definition) is 5. The summed E-state index contributed by atoms with van der Waals surface area (Å²) in [4.78, 5) is 35.8. The molecule has 0 spiro atoms. The van der Waals surface area contributed by atoms with Crippen molar-refractivity contribution in [2.75, 3.05) is 6.61 Å². The quantitative estimate of drug-likeness (QED) is 0.530. The van der Waals surface area contributed by atoms with Crippen LogP contribution < -0.4 is 10.9 Å². The third-order valence-electron chi connectivity index (χ3n) is 3.79. The minimum absolute atomic E-state index is 0.0363. The van der Waals surface area contributed by atoms with Gasteiger partial charge in [-0.25, -0.2) is 4.79 Å². The van der Waals surface area contributed by atoms with Crippen molar-refractivity contribution in [2.45, 2.75) is 6.92 Å². The number of esters is 1. The van der Waals surface area contributed by atoms with Crippen LogP contribution in [0.15, 0.2) is 52.9 Å². The van der Waals surface area contributed by atoms with Crippen LogP contribution in [0.25, 0.3) is 11.0 Å². The second-order valence-corrected chi connectivity index (χ2v) is 6.07. The minimum Gasteiger partial charge on any atom is -0.450 e. The van der Waals surface area contributed by atoms with E-state index in [4.69, 9.17) is 20.8 Å². The van der Waals surface area contributed by atoms with Crippen LogP contribution in [0.4, 0.5) is 0 Å². The molecule has 0 atom stereocenters. The van der Waals surface area contributed by atoms with Gasteiger partial charge in [-0.1, -0.05) is 29.8 Å². The summed E-state index contributed by atoms with van der Waals surface area (Å²) in [7, 11) is 0. The number of fused-ring (bicyclic) bond motifs is 1. The number of benzene rings is 2. The fourth-order valence-corrected chi connectivity index (χ4v) is 2.53. The van der Waals surface area contributed by atoms with E-state index in [0.29, 0.717) is 21.7 Å². The van der Waals surface area contributed by atoms with Crippen LogP contribution in [-0.2, 0) is 9.53 Å². The number of halogens is 1. The molecule has 27 heavy (non-hydrogen) atoms. The van der Waals surface area contributed by atoms with Crippen LogP contribution in [0.3, 0.4) is 0 Å². The van der Waals surface area contributed by atoms with Crippen molar-refractivity contribution in [1.82, 2.24) is 10.9 Å². The second kappa shape index (κ2) is 7.92. The fourth-order valence-electron chi connectivity index (χ4n) is 2.40. The average Bonchev–Trinajstić information content (AvgIpc) is 3.02. The zero-order valence-electron chi connectivity index (χ0n) is 14.2. The molecule has 0 aliphatic rings. The predicted molar refractivity (Wildman–Crippen MR) is 98.3 cm³/mol. The van der Waals surface area contributed by atoms with Gasteiger partial charge in [0.25, 0.3) is 11.8 Å². The molecule has 0 aliphatic heterocycles. The number of aryl methyl sites for hydroxylation is 1. The van der Waals surface area contributed by atoms with E-state index >= 15 is 0 Å². The van der Waals surface area contributed by atoms with Crippen LogP contribution in [-0.4, -0.2) is 24.4 Å². The number of rotatable bonds is 4. The fraction of sp³-hybridized carbons (Fsp3) is 0.105. The summed E-state index contributed by atoms with van der Waals surface area (Å²) >= 11 is 5.74. The lowest BCUT2D eigenvalue weighted by Crippen LogP contribution is -2.43. The van der Waals surface area contributed by atoms with Crippen molar-refractivity contribution < 1.29 is 23.5 Å². The molecule has 0 saturated heterocycles. The molecule has 0 bridgehead atoms. The van der Waals surface area contributed by atoms with Gasteiger partial charge in [-0.15, -0.1) is 0 Å². The van der Waals surface area contributed by atoms with Gasteiger partial charge in [0.15, 0.2) is 6.61 Å². The summed E-state index contributed by atoms with van der Waals surface area (Å²) in [5, 5.41) is 1.28. The van der Waals surface area contributed by atoms with Crippen molar-refractivity contribution >= 4 is 40.4 Å². The van der Waals surface area contributed by atoms with Gasteiger partial charge in [-0.3, -0.25) is 20.4 Å². The van der Waals surface area contributed by atoms with E-state index in [1.54, 1.807) is 31.2 Å². The van der Waals surface area contributed by atoms with Gasteiger partial charge >= 0.3 is 5.97 Å². The highest BCUT2D eigenvalue weighted by Gasteiger charge is 2.20. The van der Waals surface area contributed by atoms with E-state index in [2.05, 4.69) is 10.9 Å². The van der Waals surface area contributed by atoms with Crippen molar-refractivity contribution in [3.8, 4) is 0 Å². The lowest BCUT2D eigenvalue weighted by molar-refractivity contribution is -0.125. The maximum atomic E-state index is 12.1. The number of carbonyl (C=O) groups excluding carboxylic acids is 3. The molecule has 1 heterocycles. The largest absolute Gasteiger partial charge is 0.450 e. The molecule has 0 aliphatic carbocycles. The van der Waals surface area contributed by atoms with E-state index in [1.165, 1.54) is 12.1 Å². The zero-order chi connectivity index (χ0) is 19.4. The van der Waals surface area contributed by atoms with Crippen LogP contribution in [0.5, 0.6) is 0 Å². The first kappa shape index (κ1) is 18.5. The molecule has 138 valence electrons. The van der Waals surface area contributed by atoms with E-state index < -0.39 is 24.4 Å². The van der Waals surface area contributed by atoms with E-state index in [9.17, 15) is 14.4 Å². The van der Waals surface area contributed by atoms with Gasteiger partial charge in [-0.05, 0) is 37.3 Å². The highest BCUT2D eigenvalue weighted by molar-refractivity contribution is 6.30. The molecule has 0 unspecified atom stereocenters. The van der Waals surface area contributed by atoms with E-state index in [1.807, 2.05) is 12.1 Å². The first-order valence-electron chi connectivity index (χ1n) is 7.95. The monoisotopic (exact) mass is 386 g/mol. The summed E-state index contributed by atoms with van der Waals surface area (Å²) in [5.41, 5.74) is 5.89. The lowest BCUT2D eigenvalue weighted by atomic mass is 10.1. The zero-order valence-corrected chi connectivity index (χ0v) is 15.0. The van der Waals surface area contributed by atoms with Crippen LogP contribution in [0.1, 0.15) is 26.5 Å². The predicted octanol–water partition coefficient (Wildman–Crippen LogP) is 3.01. The Balaban J connectivity index is 1.52. The topological polar surface area (TPSA) is 97.6 Å². The van der Waals surface area contributed by atoms with Crippen molar-refractivity contribution in [2.24, 2.45) is 0 Å². The van der Waals surface area contributed by atoms with Gasteiger partial charge in [-0.2, -0.15) is 0 Å². The molecule has 1 aromatic heterocycles. The van der Waals surface area contributed by atoms with Gasteiger partial charge in [0.1, 0.15) is 5.58 Å². The molecule has 8 heteroatoms. The minimum atomic E-state index is -0.761. The maximum absolute atomic E-state index is 12.1. The van der Waals surface area contributed by atoms with Crippen molar-refractivity contribution in [1.29, 1.82) is 0 Å². The Morgan fingerprint density at radius 1 is 1.04 bits per heavy atom. The number of carbonyl (C=O) groups is 3. The first-order valence-corrected chi connectivity index (χ1v) is 8.33. The maximum Gasteiger partial charge on any atom is 0.375 e. The van der Waals surface area contributed by atoms with Gasteiger partial charge < -0.3 is 9.15 Å². The third kappa shape index (κ3) is 4.27. The van der Waals surface area contributed by atoms with Crippen LogP contribution >= 0.6 is 11.6 Å². The Labute approximate surface area is 159 Å². The molecule has 0 fully saturated rings. The molecule has 0 radical (unpaired) electrons. The summed E-state index contributed by atoms with van der Waals surface area (Å²) in [6, 6.07) is 13.3. The highest BCUT2D eigenvalue weighted by Crippen LogP contribution is 2.25. The molecule has 7 nitrogen and oxygen atoms in total. The summed E-state index contributed by atoms with van der Waals surface area (Å²) in [6.45, 7) is 1.16. The van der Waals surface area contributed by atoms with Crippen LogP contribution in [0.2, 0.25) is 5.02 Å². The summed E-state index contributed by atoms with van der Waals surface area (Å²) in [5.74, 6) is -1.95. The summed E-state index contributed by atoms with van der Waals surface area (Å²) in [6.07, 6.45) is 0. The van der Waals surface area contributed by atoms with Crippen molar-refractivity contribution in [3.63, 3.8) is 0 Å². The number of ether oxygens (including phenoxy) is 1. The Bertz CT molecular complexity index is 1010. The normalized spacial score (nSPS) is 10.4. The Morgan fingerprint density at radius 2 is 1.74 bits per heavy atom. The lowest BCUT2D eigenvalue weighted by Gasteiger charge is -2.08. The molecule has 0 saturated carbocycles. The average molecular weight is 387 g/mol. The molecule has 2 amide bonds. The SMILES string of the molecule is Cc1c(C(=O)OCC(=O)NNC(=O)c2ccc(Cl)cc2)oc2ccccc12. The summed E-state index contributed by atoms with van der Waals surface area (Å²) < 4.78 is 10.4. The standard InChI is InChI=1S/C19H15ClN2O5/c1-11-14-4-2-3-5-15(14)27-17(11)19(25)26-10-16(23)21-22-18(24)12-6-8-13(20)9-7-12/h2-9H,10H2,1H3,(H,21,23)(H,22,24). The molecule has 2 N–H and O–H groups in total. The number of para-hydroxylation sites is 1. The van der Waals surface area contributed by atoms with Gasteiger partial charge in [0.2, 0.25) is 5.76 Å². The Kier molecular flexibility index (Phi) is 5.42. The molecule has 3 aromatic rings. The Morgan fingerprint density at radius 3 is 2.44 bits per heavy atom. The number of furan rings is 1. The number of nitrogens with one attached hydrogen (secondary N) is 2. The molecular formula is C19H15ClN2O5. The molecule has 3 rings (SSSR count). The smallest absolute Gasteiger partial charge is 0.375 e.